The third kappa shape index (κ3) is 0.701. The van der Waals surface area contributed by atoms with Gasteiger partial charge in [0, 0.05) is 6.07 Å². The maximum atomic E-state index is 5.22. The minimum atomic E-state index is 0.885. The number of fused-ring (bicyclic) bond motifs is 1. The molecule has 0 radical (unpaired) electrons. The number of hydrogen-bond acceptors (Lipinski definition) is 1. The fraction of sp³-hybridized carbons (Fsp3) is 0.333. The van der Waals surface area contributed by atoms with E-state index in [1.807, 2.05) is 12.1 Å². The SMILES string of the molecule is COc1cccc2c1[N+]2(C)C. The molecule has 0 unspecified atom stereocenters. The van der Waals surface area contributed by atoms with E-state index in [1.54, 1.807) is 7.11 Å². The summed E-state index contributed by atoms with van der Waals surface area (Å²) in [5.74, 6) is 1.01. The van der Waals surface area contributed by atoms with Crippen LogP contribution in [0.25, 0.3) is 0 Å². The Morgan fingerprint density at radius 1 is 1.27 bits per heavy atom. The van der Waals surface area contributed by atoms with Crippen molar-refractivity contribution >= 4 is 11.4 Å². The van der Waals surface area contributed by atoms with Crippen molar-refractivity contribution in [1.82, 2.24) is 4.48 Å². The summed E-state index contributed by atoms with van der Waals surface area (Å²) in [6.07, 6.45) is 0. The predicted octanol–water partition coefficient (Wildman–Crippen LogP) is 1.91. The molecule has 2 rings (SSSR count). The molecule has 0 bridgehead atoms. The number of para-hydroxylation sites is 1. The number of nitrogens with zero attached hydrogens (tertiary/aromatic N) is 1. The second kappa shape index (κ2) is 1.77. The van der Waals surface area contributed by atoms with Crippen molar-refractivity contribution in [2.45, 2.75) is 0 Å². The normalized spacial score (nSPS) is 17.4. The van der Waals surface area contributed by atoms with E-state index in [4.69, 9.17) is 4.74 Å². The van der Waals surface area contributed by atoms with Crippen LogP contribution < -0.4 is 9.22 Å². The van der Waals surface area contributed by atoms with Crippen molar-refractivity contribution in [2.75, 3.05) is 21.2 Å². The minimum absolute atomic E-state index is 0.885. The summed E-state index contributed by atoms with van der Waals surface area (Å²) in [4.78, 5) is 0. The zero-order valence-electron chi connectivity index (χ0n) is 7.09. The standard InChI is InChI=1S/C9H12NO/c1-10(2)7-5-4-6-8(11-3)9(7)10/h4-6H,1-3H3/q+1. The summed E-state index contributed by atoms with van der Waals surface area (Å²) in [5.41, 5.74) is 2.68. The Kier molecular flexibility index (Phi) is 1.07. The third-order valence-electron chi connectivity index (χ3n) is 2.31. The van der Waals surface area contributed by atoms with Crippen molar-refractivity contribution in [1.29, 1.82) is 0 Å². The van der Waals surface area contributed by atoms with Gasteiger partial charge in [-0.2, -0.15) is 0 Å². The van der Waals surface area contributed by atoms with Crippen LogP contribution in [0.4, 0.5) is 11.4 Å². The molecule has 0 fully saturated rings. The maximum Gasteiger partial charge on any atom is 0.241 e. The van der Waals surface area contributed by atoms with Gasteiger partial charge in [0.1, 0.15) is 0 Å². The Hall–Kier alpha value is -1.02. The van der Waals surface area contributed by atoms with E-state index in [2.05, 4.69) is 20.2 Å². The molecule has 2 nitrogen and oxygen atoms in total. The molecule has 1 heterocycles. The maximum absolute atomic E-state index is 5.22. The average molecular weight is 150 g/mol. The Morgan fingerprint density at radius 2 is 2.00 bits per heavy atom. The second-order valence-corrected chi connectivity index (χ2v) is 3.28. The van der Waals surface area contributed by atoms with Gasteiger partial charge in [-0.15, -0.1) is 0 Å². The van der Waals surface area contributed by atoms with Crippen LogP contribution in [0.5, 0.6) is 5.75 Å². The summed E-state index contributed by atoms with van der Waals surface area (Å²) in [7, 11) is 6.04. The summed E-state index contributed by atoms with van der Waals surface area (Å²) in [5, 5.41) is 0. The molecule has 0 saturated heterocycles. The van der Waals surface area contributed by atoms with E-state index in [9.17, 15) is 0 Å². The average Bonchev–Trinajstić information content (AvgIpc) is 2.56. The number of rotatable bonds is 1. The zero-order chi connectivity index (χ0) is 8.06. The molecule has 2 heteroatoms. The van der Waals surface area contributed by atoms with Gasteiger partial charge >= 0.3 is 0 Å². The van der Waals surface area contributed by atoms with Gasteiger partial charge in [0.15, 0.2) is 5.75 Å². The molecule has 1 aromatic rings. The Labute approximate surface area is 66.6 Å². The van der Waals surface area contributed by atoms with E-state index in [0.29, 0.717) is 0 Å². The lowest BCUT2D eigenvalue weighted by atomic mass is 10.3. The molecular weight excluding hydrogens is 138 g/mol. The van der Waals surface area contributed by atoms with Gasteiger partial charge in [0.2, 0.25) is 11.4 Å². The molecule has 0 N–H and O–H groups in total. The van der Waals surface area contributed by atoms with Crippen molar-refractivity contribution < 1.29 is 4.74 Å². The Morgan fingerprint density at radius 3 is 2.55 bits per heavy atom. The number of ether oxygens (including phenoxy) is 1. The summed E-state index contributed by atoms with van der Waals surface area (Å²) in [6, 6.07) is 6.17. The van der Waals surface area contributed by atoms with Crippen LogP contribution >= 0.6 is 0 Å². The third-order valence-corrected chi connectivity index (χ3v) is 2.31. The molecule has 11 heavy (non-hydrogen) atoms. The lowest BCUT2D eigenvalue weighted by molar-refractivity contribution is 0.413. The fourth-order valence-electron chi connectivity index (χ4n) is 1.57. The van der Waals surface area contributed by atoms with Crippen molar-refractivity contribution in [3.05, 3.63) is 18.2 Å². The minimum Gasteiger partial charge on any atom is -0.491 e. The van der Waals surface area contributed by atoms with Crippen LogP contribution in [0.2, 0.25) is 0 Å². The first-order valence-electron chi connectivity index (χ1n) is 3.70. The van der Waals surface area contributed by atoms with E-state index in [1.165, 1.54) is 11.4 Å². The summed E-state index contributed by atoms with van der Waals surface area (Å²) < 4.78 is 6.10. The van der Waals surface area contributed by atoms with Gasteiger partial charge in [-0.25, -0.2) is 0 Å². The topological polar surface area (TPSA) is 9.23 Å². The van der Waals surface area contributed by atoms with Gasteiger partial charge in [-0.3, -0.25) is 4.48 Å². The first-order chi connectivity index (χ1) is 5.18. The summed E-state index contributed by atoms with van der Waals surface area (Å²) in [6.45, 7) is 0. The molecule has 1 aromatic carbocycles. The monoisotopic (exact) mass is 150 g/mol. The van der Waals surface area contributed by atoms with E-state index in [-0.39, 0.29) is 0 Å². The molecule has 0 aromatic heterocycles. The van der Waals surface area contributed by atoms with Crippen LogP contribution in [0.3, 0.4) is 0 Å². The highest BCUT2D eigenvalue weighted by Gasteiger charge is 2.48. The van der Waals surface area contributed by atoms with Gasteiger partial charge in [0.05, 0.1) is 21.2 Å². The van der Waals surface area contributed by atoms with Gasteiger partial charge in [-0.05, 0) is 6.07 Å². The van der Waals surface area contributed by atoms with Gasteiger partial charge in [0.25, 0.3) is 0 Å². The number of quaternary nitrogens is 1. The summed E-state index contributed by atoms with van der Waals surface area (Å²) >= 11 is 0. The number of methoxy groups -OCH3 is 1. The van der Waals surface area contributed by atoms with E-state index < -0.39 is 0 Å². The number of hydrogen-bond donors (Lipinski definition) is 0. The molecule has 0 amide bonds. The van der Waals surface area contributed by atoms with Crippen molar-refractivity contribution in [3.63, 3.8) is 0 Å². The molecule has 58 valence electrons. The first kappa shape index (κ1) is 6.68. The largest absolute Gasteiger partial charge is 0.491 e. The molecular formula is C9H12NO+. The van der Waals surface area contributed by atoms with Crippen LogP contribution in [0.1, 0.15) is 0 Å². The molecule has 1 aliphatic rings. The number of benzene rings is 1. The second-order valence-electron chi connectivity index (χ2n) is 3.28. The van der Waals surface area contributed by atoms with Gasteiger partial charge < -0.3 is 4.74 Å². The Balaban J connectivity index is 2.53. The van der Waals surface area contributed by atoms with Crippen LogP contribution in [-0.4, -0.2) is 21.2 Å². The van der Waals surface area contributed by atoms with E-state index >= 15 is 0 Å². The zero-order valence-corrected chi connectivity index (χ0v) is 7.09. The molecule has 0 atom stereocenters. The van der Waals surface area contributed by atoms with Crippen molar-refractivity contribution in [3.8, 4) is 5.75 Å². The molecule has 1 aliphatic heterocycles. The first-order valence-corrected chi connectivity index (χ1v) is 3.70. The van der Waals surface area contributed by atoms with Crippen molar-refractivity contribution in [2.24, 2.45) is 0 Å². The molecule has 0 saturated carbocycles. The molecule has 0 spiro atoms. The Bertz CT molecular complexity index is 304. The van der Waals surface area contributed by atoms with E-state index in [0.717, 1.165) is 10.2 Å². The molecule has 0 aliphatic carbocycles. The smallest absolute Gasteiger partial charge is 0.241 e. The predicted molar refractivity (Wildman–Crippen MR) is 46.3 cm³/mol. The lowest BCUT2D eigenvalue weighted by Crippen LogP contribution is -2.15. The lowest BCUT2D eigenvalue weighted by Gasteiger charge is -2.01. The van der Waals surface area contributed by atoms with Crippen LogP contribution in [0.15, 0.2) is 18.2 Å². The highest BCUT2D eigenvalue weighted by atomic mass is 16.5. The highest BCUT2D eigenvalue weighted by Crippen LogP contribution is 2.58. The fourth-order valence-corrected chi connectivity index (χ4v) is 1.57. The highest BCUT2D eigenvalue weighted by molar-refractivity contribution is 5.91. The van der Waals surface area contributed by atoms with Crippen LogP contribution in [0, 0.1) is 0 Å². The van der Waals surface area contributed by atoms with Crippen LogP contribution in [-0.2, 0) is 0 Å². The quantitative estimate of drug-likeness (QED) is 0.439. The van der Waals surface area contributed by atoms with Gasteiger partial charge in [-0.1, -0.05) is 6.07 Å².